The maximum absolute atomic E-state index is 11.5. The van der Waals surface area contributed by atoms with Crippen LogP contribution in [0.5, 0.6) is 0 Å². The molecule has 0 spiro atoms. The molecule has 15 heavy (non-hydrogen) atoms. The van der Waals surface area contributed by atoms with Crippen molar-refractivity contribution in [3.8, 4) is 0 Å². The van der Waals surface area contributed by atoms with Gasteiger partial charge in [-0.1, -0.05) is 44.0 Å². The van der Waals surface area contributed by atoms with Crippen molar-refractivity contribution in [2.75, 3.05) is 13.1 Å². The number of hydrogen-bond donors (Lipinski definition) is 1. The van der Waals surface area contributed by atoms with Gasteiger partial charge in [0.25, 0.3) is 0 Å². The van der Waals surface area contributed by atoms with Crippen molar-refractivity contribution >= 4 is 16.9 Å². The number of thioether (sulfide) groups is 1. The maximum atomic E-state index is 11.5. The largest absolute Gasteiger partial charge is 0.317 e. The molecule has 0 heterocycles. The van der Waals surface area contributed by atoms with Crippen molar-refractivity contribution in [3.63, 3.8) is 0 Å². The summed E-state index contributed by atoms with van der Waals surface area (Å²) in [5.74, 6) is 0. The predicted octanol–water partition coefficient (Wildman–Crippen LogP) is 2.89. The molecular weight excluding hydrogens is 206 g/mol. The van der Waals surface area contributed by atoms with E-state index in [9.17, 15) is 4.79 Å². The van der Waals surface area contributed by atoms with Gasteiger partial charge in [-0.2, -0.15) is 0 Å². The topological polar surface area (TPSA) is 29.1 Å². The lowest BCUT2D eigenvalue weighted by atomic mass is 10.3. The van der Waals surface area contributed by atoms with E-state index in [1.54, 1.807) is 18.2 Å². The predicted molar refractivity (Wildman–Crippen MR) is 68.9 cm³/mol. The van der Waals surface area contributed by atoms with Gasteiger partial charge < -0.3 is 5.32 Å². The van der Waals surface area contributed by atoms with Gasteiger partial charge in [-0.05, 0) is 25.6 Å². The highest BCUT2D eigenvalue weighted by molar-refractivity contribution is 8.17. The van der Waals surface area contributed by atoms with Crippen LogP contribution in [0.25, 0.3) is 0 Å². The molecule has 0 aromatic rings. The highest BCUT2D eigenvalue weighted by Crippen LogP contribution is 2.19. The summed E-state index contributed by atoms with van der Waals surface area (Å²) in [6.07, 6.45) is 6.61. The summed E-state index contributed by atoms with van der Waals surface area (Å²) >= 11 is 1.23. The average molecular weight is 225 g/mol. The van der Waals surface area contributed by atoms with E-state index in [1.165, 1.54) is 11.8 Å². The Hall–Kier alpha value is -0.800. The Kier molecular flexibility index (Phi) is 9.22. The van der Waals surface area contributed by atoms with Crippen molar-refractivity contribution in [1.82, 2.24) is 5.32 Å². The lowest BCUT2D eigenvalue weighted by molar-refractivity contribution is -0.111. The van der Waals surface area contributed by atoms with Gasteiger partial charge in [-0.25, -0.2) is 0 Å². The molecule has 0 aliphatic carbocycles. The van der Waals surface area contributed by atoms with Gasteiger partial charge in [0, 0.05) is 11.3 Å². The Labute approximate surface area is 96.5 Å². The first-order valence-corrected chi connectivity index (χ1v) is 5.92. The summed E-state index contributed by atoms with van der Waals surface area (Å²) in [4.78, 5) is 12.3. The van der Waals surface area contributed by atoms with Crippen LogP contribution in [0.15, 0.2) is 36.3 Å². The molecular formula is C12H19NOS. The third-order valence-electron chi connectivity index (χ3n) is 1.70. The summed E-state index contributed by atoms with van der Waals surface area (Å²) in [5.41, 5.74) is 0. The fourth-order valence-electron chi connectivity index (χ4n) is 0.977. The Balaban J connectivity index is 3.76. The third-order valence-corrected chi connectivity index (χ3v) is 2.67. The van der Waals surface area contributed by atoms with Gasteiger partial charge in [-0.3, -0.25) is 4.79 Å². The van der Waals surface area contributed by atoms with Crippen molar-refractivity contribution in [1.29, 1.82) is 0 Å². The van der Waals surface area contributed by atoms with Gasteiger partial charge in [-0.15, -0.1) is 0 Å². The summed E-state index contributed by atoms with van der Waals surface area (Å²) in [6, 6.07) is 0. The zero-order valence-electron chi connectivity index (χ0n) is 9.29. The summed E-state index contributed by atoms with van der Waals surface area (Å²) in [5, 5.41) is 3.37. The van der Waals surface area contributed by atoms with Crippen LogP contribution in [0.1, 0.15) is 19.8 Å². The zero-order valence-corrected chi connectivity index (χ0v) is 10.1. The first kappa shape index (κ1) is 14.2. The van der Waals surface area contributed by atoms with Crippen LogP contribution in [-0.2, 0) is 4.79 Å². The molecule has 84 valence electrons. The van der Waals surface area contributed by atoms with E-state index in [0.29, 0.717) is 6.42 Å². The highest BCUT2D eigenvalue weighted by atomic mass is 32.2. The molecule has 0 unspecified atom stereocenters. The molecule has 0 saturated carbocycles. The number of carbonyl (C=O) groups is 1. The van der Waals surface area contributed by atoms with Crippen LogP contribution < -0.4 is 5.32 Å². The highest BCUT2D eigenvalue weighted by Gasteiger charge is 2.03. The second-order valence-corrected chi connectivity index (χ2v) is 4.07. The quantitative estimate of drug-likeness (QED) is 0.509. The van der Waals surface area contributed by atoms with E-state index in [2.05, 4.69) is 25.4 Å². The van der Waals surface area contributed by atoms with Gasteiger partial charge in [0.1, 0.15) is 0 Å². The Morgan fingerprint density at radius 2 is 2.20 bits per heavy atom. The normalized spacial score (nSPS) is 11.1. The first-order valence-electron chi connectivity index (χ1n) is 5.11. The fraction of sp³-hybridized carbons (Fsp3) is 0.417. The van der Waals surface area contributed by atoms with E-state index in [1.807, 2.05) is 0 Å². The first-order chi connectivity index (χ1) is 7.24. The standard InChI is InChI=1S/C12H19NOS/c1-4-8-11(5-2)15-12(14)9-7-10-13-6-3/h4-5,8,13H,1-2,6-7,9-10H2,3H3/b11-8+. The second kappa shape index (κ2) is 9.74. The van der Waals surface area contributed by atoms with Gasteiger partial charge in [0.15, 0.2) is 5.12 Å². The average Bonchev–Trinajstić information content (AvgIpc) is 2.24. The fourth-order valence-corrected chi connectivity index (χ4v) is 1.73. The zero-order chi connectivity index (χ0) is 11.5. The van der Waals surface area contributed by atoms with Crippen LogP contribution in [0, 0.1) is 0 Å². The molecule has 2 nitrogen and oxygen atoms in total. The van der Waals surface area contributed by atoms with Gasteiger partial charge >= 0.3 is 0 Å². The molecule has 0 aliphatic heterocycles. The van der Waals surface area contributed by atoms with Crippen molar-refractivity contribution in [2.24, 2.45) is 0 Å². The molecule has 3 heteroatoms. The SMILES string of the molecule is C=C/C=C(\C=C)SC(=O)CCCNCC. The smallest absolute Gasteiger partial charge is 0.193 e. The Morgan fingerprint density at radius 3 is 2.73 bits per heavy atom. The molecule has 0 fully saturated rings. The van der Waals surface area contributed by atoms with E-state index < -0.39 is 0 Å². The molecule has 0 atom stereocenters. The third kappa shape index (κ3) is 8.21. The molecule has 0 radical (unpaired) electrons. The van der Waals surface area contributed by atoms with Crippen LogP contribution in [0.3, 0.4) is 0 Å². The lowest BCUT2D eigenvalue weighted by Crippen LogP contribution is -2.14. The summed E-state index contributed by atoms with van der Waals surface area (Å²) in [7, 11) is 0. The van der Waals surface area contributed by atoms with E-state index in [-0.39, 0.29) is 5.12 Å². The number of hydrogen-bond acceptors (Lipinski definition) is 3. The van der Waals surface area contributed by atoms with Crippen molar-refractivity contribution in [3.05, 3.63) is 36.3 Å². The van der Waals surface area contributed by atoms with Crippen molar-refractivity contribution < 1.29 is 4.79 Å². The van der Waals surface area contributed by atoms with E-state index in [0.717, 1.165) is 24.4 Å². The molecule has 0 rings (SSSR count). The Morgan fingerprint density at radius 1 is 1.47 bits per heavy atom. The Bertz CT molecular complexity index is 246. The molecule has 0 bridgehead atoms. The van der Waals surface area contributed by atoms with Gasteiger partial charge in [0.05, 0.1) is 0 Å². The number of carbonyl (C=O) groups excluding carboxylic acids is 1. The van der Waals surface area contributed by atoms with Crippen LogP contribution in [0.4, 0.5) is 0 Å². The molecule has 1 N–H and O–H groups in total. The molecule has 0 aliphatic rings. The number of allylic oxidation sites excluding steroid dienone is 3. The second-order valence-electron chi connectivity index (χ2n) is 2.94. The molecule has 0 aromatic heterocycles. The minimum Gasteiger partial charge on any atom is -0.317 e. The molecule has 0 aromatic carbocycles. The summed E-state index contributed by atoms with van der Waals surface area (Å²) in [6.45, 7) is 11.1. The minimum atomic E-state index is 0.181. The van der Waals surface area contributed by atoms with Crippen LogP contribution >= 0.6 is 11.8 Å². The van der Waals surface area contributed by atoms with E-state index >= 15 is 0 Å². The lowest BCUT2D eigenvalue weighted by Gasteiger charge is -2.01. The van der Waals surface area contributed by atoms with Crippen molar-refractivity contribution in [2.45, 2.75) is 19.8 Å². The maximum Gasteiger partial charge on any atom is 0.193 e. The van der Waals surface area contributed by atoms with Crippen LogP contribution in [0.2, 0.25) is 0 Å². The molecule has 0 saturated heterocycles. The minimum absolute atomic E-state index is 0.181. The molecule has 0 amide bonds. The van der Waals surface area contributed by atoms with E-state index in [4.69, 9.17) is 0 Å². The number of rotatable bonds is 8. The summed E-state index contributed by atoms with van der Waals surface area (Å²) < 4.78 is 0. The monoisotopic (exact) mass is 225 g/mol. The van der Waals surface area contributed by atoms with Gasteiger partial charge in [0.2, 0.25) is 0 Å². The van der Waals surface area contributed by atoms with Crippen LogP contribution in [-0.4, -0.2) is 18.2 Å². The number of nitrogens with one attached hydrogen (secondary N) is 1.